The van der Waals surface area contributed by atoms with Crippen LogP contribution < -0.4 is 11.1 Å². The zero-order valence-electron chi connectivity index (χ0n) is 17.9. The molecule has 0 saturated carbocycles. The van der Waals surface area contributed by atoms with Crippen LogP contribution in [0.3, 0.4) is 0 Å². The molecule has 28 heavy (non-hydrogen) atoms. The van der Waals surface area contributed by atoms with Crippen LogP contribution in [-0.2, 0) is 9.59 Å². The highest BCUT2D eigenvalue weighted by Gasteiger charge is 2.13. The van der Waals surface area contributed by atoms with E-state index in [1.807, 2.05) is 45.1 Å². The zero-order chi connectivity index (χ0) is 21.7. The van der Waals surface area contributed by atoms with Crippen molar-refractivity contribution >= 4 is 17.4 Å². The molecule has 3 N–H and O–H groups in total. The van der Waals surface area contributed by atoms with E-state index in [4.69, 9.17) is 5.73 Å². The Bertz CT molecular complexity index is 776. The van der Waals surface area contributed by atoms with Crippen molar-refractivity contribution in [3.63, 3.8) is 0 Å². The Morgan fingerprint density at radius 2 is 1.86 bits per heavy atom. The summed E-state index contributed by atoms with van der Waals surface area (Å²) in [6.45, 7) is 12.4. The number of hydrogen-bond acceptors (Lipinski definition) is 4. The van der Waals surface area contributed by atoms with Crippen molar-refractivity contribution in [2.45, 2.75) is 47.5 Å². The van der Waals surface area contributed by atoms with Crippen LogP contribution in [-0.4, -0.2) is 24.4 Å². The number of aliphatic imine (C=N–C) groups is 1. The van der Waals surface area contributed by atoms with Gasteiger partial charge in [-0.25, -0.2) is 0 Å². The number of carbonyl (C=O) groups is 2. The fourth-order valence-electron chi connectivity index (χ4n) is 2.38. The van der Waals surface area contributed by atoms with Gasteiger partial charge in [-0.1, -0.05) is 37.8 Å². The first-order valence-electron chi connectivity index (χ1n) is 9.29. The fourth-order valence-corrected chi connectivity index (χ4v) is 2.38. The number of Topliss-reactive ketones (excluding diaryl/α,β-unsaturated/α-hetero) is 2. The maximum absolute atomic E-state index is 11.9. The van der Waals surface area contributed by atoms with Gasteiger partial charge in [-0.05, 0) is 51.8 Å². The molecule has 0 aliphatic heterocycles. The minimum Gasteiger partial charge on any atom is -0.398 e. The summed E-state index contributed by atoms with van der Waals surface area (Å²) in [5.74, 6) is 0.405. The molecule has 0 radical (unpaired) electrons. The van der Waals surface area contributed by atoms with Crippen molar-refractivity contribution in [3.05, 3.63) is 71.1 Å². The molecular weight excluding hydrogens is 350 g/mol. The molecule has 0 amide bonds. The van der Waals surface area contributed by atoms with Crippen molar-refractivity contribution < 1.29 is 9.59 Å². The maximum atomic E-state index is 11.9. The highest BCUT2D eigenvalue weighted by atomic mass is 16.1. The quantitative estimate of drug-likeness (QED) is 0.255. The van der Waals surface area contributed by atoms with Gasteiger partial charge in [-0.3, -0.25) is 14.6 Å². The minimum atomic E-state index is -0.143. The van der Waals surface area contributed by atoms with Crippen LogP contribution in [0.5, 0.6) is 0 Å². The van der Waals surface area contributed by atoms with Crippen LogP contribution in [0.15, 0.2) is 76.1 Å². The topological polar surface area (TPSA) is 84.5 Å². The number of carbonyl (C=O) groups excluding carboxylic acids is 2. The lowest BCUT2D eigenvalue weighted by Gasteiger charge is -2.15. The van der Waals surface area contributed by atoms with Crippen LogP contribution >= 0.6 is 0 Å². The summed E-state index contributed by atoms with van der Waals surface area (Å²) in [4.78, 5) is 27.7. The lowest BCUT2D eigenvalue weighted by Crippen LogP contribution is -2.25. The molecule has 0 bridgehead atoms. The van der Waals surface area contributed by atoms with E-state index in [1.165, 1.54) is 13.8 Å². The molecule has 0 atom stereocenters. The molecule has 5 nitrogen and oxygen atoms in total. The molecule has 0 aromatic carbocycles. The molecule has 0 fully saturated rings. The third-order valence-electron chi connectivity index (χ3n) is 3.92. The van der Waals surface area contributed by atoms with Gasteiger partial charge in [0.15, 0.2) is 5.78 Å². The molecule has 0 saturated heterocycles. The first-order valence-corrected chi connectivity index (χ1v) is 9.29. The molecule has 0 rings (SSSR count). The van der Waals surface area contributed by atoms with E-state index in [0.717, 1.165) is 17.7 Å². The third kappa shape index (κ3) is 8.62. The Balaban J connectivity index is 6.10. The van der Waals surface area contributed by atoms with Gasteiger partial charge in [0.25, 0.3) is 0 Å². The molecule has 0 aliphatic rings. The molecule has 0 spiro atoms. The molecule has 0 aliphatic carbocycles. The molecule has 0 unspecified atom stereocenters. The zero-order valence-corrected chi connectivity index (χ0v) is 17.9. The SMILES string of the molecule is C=C/C=C\C(=C/C)NC(=NC)C(C)=C(N)C(/C=C(/CC(C)=O)C(C)=O)=C/CC. The largest absolute Gasteiger partial charge is 0.398 e. The van der Waals surface area contributed by atoms with E-state index in [-0.39, 0.29) is 18.0 Å². The average Bonchev–Trinajstić information content (AvgIpc) is 2.65. The summed E-state index contributed by atoms with van der Waals surface area (Å²) in [6, 6.07) is 0. The van der Waals surface area contributed by atoms with Gasteiger partial charge in [-0.2, -0.15) is 0 Å². The van der Waals surface area contributed by atoms with E-state index >= 15 is 0 Å². The monoisotopic (exact) mass is 383 g/mol. The van der Waals surface area contributed by atoms with E-state index < -0.39 is 0 Å². The van der Waals surface area contributed by atoms with Crippen LogP contribution in [0.1, 0.15) is 47.5 Å². The van der Waals surface area contributed by atoms with E-state index in [1.54, 1.807) is 19.2 Å². The van der Waals surface area contributed by atoms with Crippen molar-refractivity contribution in [1.82, 2.24) is 5.32 Å². The summed E-state index contributed by atoms with van der Waals surface area (Å²) in [5.41, 5.74) is 9.66. The number of nitrogens with one attached hydrogen (secondary N) is 1. The number of ketones is 2. The summed E-state index contributed by atoms with van der Waals surface area (Å²) in [6.07, 6.45) is 11.8. The molecular formula is C23H33N3O2. The second-order valence-electron chi connectivity index (χ2n) is 6.25. The number of rotatable bonds is 10. The highest BCUT2D eigenvalue weighted by molar-refractivity contribution is 6.01. The summed E-state index contributed by atoms with van der Waals surface area (Å²) in [7, 11) is 1.68. The Kier molecular flexibility index (Phi) is 11.9. The van der Waals surface area contributed by atoms with Crippen LogP contribution in [0, 0.1) is 0 Å². The normalized spacial score (nSPS) is 14.8. The van der Waals surface area contributed by atoms with Gasteiger partial charge >= 0.3 is 0 Å². The lowest BCUT2D eigenvalue weighted by atomic mass is 9.98. The summed E-state index contributed by atoms with van der Waals surface area (Å²) in [5, 5.41) is 3.24. The van der Waals surface area contributed by atoms with Gasteiger partial charge in [0, 0.05) is 36.0 Å². The van der Waals surface area contributed by atoms with Gasteiger partial charge in [0.1, 0.15) is 11.6 Å². The van der Waals surface area contributed by atoms with Gasteiger partial charge < -0.3 is 11.1 Å². The Morgan fingerprint density at radius 3 is 2.29 bits per heavy atom. The Hall–Kier alpha value is -2.95. The number of amidine groups is 1. The fraction of sp³-hybridized carbons (Fsp3) is 0.348. The second-order valence-corrected chi connectivity index (χ2v) is 6.25. The highest BCUT2D eigenvalue weighted by Crippen LogP contribution is 2.18. The third-order valence-corrected chi connectivity index (χ3v) is 3.92. The minimum absolute atomic E-state index is 0.0687. The molecule has 0 aromatic heterocycles. The second kappa shape index (κ2) is 13.3. The van der Waals surface area contributed by atoms with Crippen molar-refractivity contribution in [1.29, 1.82) is 0 Å². The average molecular weight is 384 g/mol. The van der Waals surface area contributed by atoms with Crippen molar-refractivity contribution in [2.24, 2.45) is 10.7 Å². The van der Waals surface area contributed by atoms with Gasteiger partial charge in [0.2, 0.25) is 0 Å². The standard InChI is InChI=1S/C23H33N3O2/c1-8-11-13-21(10-3)26-23(25-7)17(5)22(24)19(12-9-2)15-20(18(6)28)14-16(4)27/h8,10-13,15H,1,9,14,24H2,2-7H3,(H,25,26)/b13-11-,19-12+,20-15-,21-10+,22-17?. The van der Waals surface area contributed by atoms with E-state index in [0.29, 0.717) is 22.7 Å². The Morgan fingerprint density at radius 1 is 1.21 bits per heavy atom. The van der Waals surface area contributed by atoms with Crippen molar-refractivity contribution in [3.8, 4) is 0 Å². The predicted octanol–water partition coefficient (Wildman–Crippen LogP) is 4.31. The first kappa shape index (κ1) is 25.1. The number of nitrogens with zero attached hydrogens (tertiary/aromatic N) is 1. The first-order chi connectivity index (χ1) is 13.2. The predicted molar refractivity (Wildman–Crippen MR) is 119 cm³/mol. The smallest absolute Gasteiger partial charge is 0.156 e. The van der Waals surface area contributed by atoms with Gasteiger partial charge in [0.05, 0.1) is 0 Å². The number of nitrogens with two attached hydrogens (primary N) is 1. The molecule has 0 heterocycles. The van der Waals surface area contributed by atoms with E-state index in [2.05, 4.69) is 16.9 Å². The number of allylic oxidation sites excluding steroid dienone is 7. The lowest BCUT2D eigenvalue weighted by molar-refractivity contribution is -0.119. The molecule has 0 aromatic rings. The molecule has 5 heteroatoms. The summed E-state index contributed by atoms with van der Waals surface area (Å²) >= 11 is 0. The van der Waals surface area contributed by atoms with Gasteiger partial charge in [-0.15, -0.1) is 0 Å². The summed E-state index contributed by atoms with van der Waals surface area (Å²) < 4.78 is 0. The van der Waals surface area contributed by atoms with Crippen LogP contribution in [0.4, 0.5) is 0 Å². The maximum Gasteiger partial charge on any atom is 0.156 e. The van der Waals surface area contributed by atoms with E-state index in [9.17, 15) is 9.59 Å². The molecule has 152 valence electrons. The Labute approximate surface area is 169 Å². The van der Waals surface area contributed by atoms with Crippen LogP contribution in [0.25, 0.3) is 0 Å². The van der Waals surface area contributed by atoms with Crippen LogP contribution in [0.2, 0.25) is 0 Å². The number of hydrogen-bond donors (Lipinski definition) is 2. The van der Waals surface area contributed by atoms with Crippen molar-refractivity contribution in [2.75, 3.05) is 7.05 Å².